The van der Waals surface area contributed by atoms with E-state index in [0.717, 1.165) is 60.0 Å². The lowest BCUT2D eigenvalue weighted by molar-refractivity contribution is -0.114. The third kappa shape index (κ3) is 3.72. The first kappa shape index (κ1) is 18.1. The van der Waals surface area contributed by atoms with Gasteiger partial charge < -0.3 is 20.9 Å². The molecule has 0 radical (unpaired) electrons. The van der Waals surface area contributed by atoms with Crippen LogP contribution in [0.4, 0.5) is 17.5 Å². The molecule has 0 saturated carbocycles. The number of fused-ring (bicyclic) bond motifs is 1. The van der Waals surface area contributed by atoms with E-state index in [1.54, 1.807) is 0 Å². The molecule has 0 spiro atoms. The van der Waals surface area contributed by atoms with E-state index in [-0.39, 0.29) is 11.9 Å². The number of rotatable bonds is 3. The van der Waals surface area contributed by atoms with Crippen molar-refractivity contribution in [2.45, 2.75) is 6.92 Å². The van der Waals surface area contributed by atoms with E-state index in [4.69, 9.17) is 10.7 Å². The fraction of sp³-hybridized carbons (Fsp3) is 0.300. The monoisotopic (exact) mass is 377 g/mol. The van der Waals surface area contributed by atoms with Crippen molar-refractivity contribution in [2.75, 3.05) is 49.2 Å². The number of aromatic nitrogens is 3. The Morgan fingerprint density at radius 2 is 1.71 bits per heavy atom. The highest BCUT2D eigenvalue weighted by Gasteiger charge is 2.20. The molecule has 3 N–H and O–H groups in total. The van der Waals surface area contributed by atoms with Crippen molar-refractivity contribution in [3.8, 4) is 11.3 Å². The van der Waals surface area contributed by atoms with Crippen LogP contribution in [0.5, 0.6) is 0 Å². The zero-order valence-electron chi connectivity index (χ0n) is 16.0. The normalized spacial score (nSPS) is 15.0. The SMILES string of the molecule is CC(=O)Nc1ccc(-c2ccc3nc(N)nc(N4CCN(C)CC4)c3n2)cc1. The maximum absolute atomic E-state index is 11.2. The van der Waals surface area contributed by atoms with E-state index in [9.17, 15) is 4.79 Å². The number of anilines is 3. The molecule has 0 unspecified atom stereocenters. The first-order chi connectivity index (χ1) is 13.5. The molecule has 2 aromatic heterocycles. The highest BCUT2D eigenvalue weighted by Crippen LogP contribution is 2.28. The average Bonchev–Trinajstić information content (AvgIpc) is 2.68. The van der Waals surface area contributed by atoms with E-state index < -0.39 is 0 Å². The van der Waals surface area contributed by atoms with Gasteiger partial charge in [-0.1, -0.05) is 12.1 Å². The second-order valence-corrected chi connectivity index (χ2v) is 7.02. The van der Waals surface area contributed by atoms with Gasteiger partial charge in [0.05, 0.1) is 11.2 Å². The summed E-state index contributed by atoms with van der Waals surface area (Å²) in [5.41, 5.74) is 9.97. The Bertz CT molecular complexity index is 1010. The van der Waals surface area contributed by atoms with Crippen LogP contribution < -0.4 is 16.0 Å². The Kier molecular flexibility index (Phi) is 4.79. The van der Waals surface area contributed by atoms with Crippen molar-refractivity contribution in [2.24, 2.45) is 0 Å². The fourth-order valence-corrected chi connectivity index (χ4v) is 3.34. The molecule has 3 heterocycles. The van der Waals surface area contributed by atoms with E-state index >= 15 is 0 Å². The van der Waals surface area contributed by atoms with Gasteiger partial charge >= 0.3 is 0 Å². The van der Waals surface area contributed by atoms with Crippen LogP contribution in [0.25, 0.3) is 22.3 Å². The van der Waals surface area contributed by atoms with Crippen molar-refractivity contribution in [3.63, 3.8) is 0 Å². The van der Waals surface area contributed by atoms with Crippen LogP contribution in [0.3, 0.4) is 0 Å². The Labute approximate surface area is 163 Å². The molecule has 8 heteroatoms. The second kappa shape index (κ2) is 7.40. The summed E-state index contributed by atoms with van der Waals surface area (Å²) >= 11 is 0. The van der Waals surface area contributed by atoms with Gasteiger partial charge in [0, 0.05) is 44.4 Å². The molecular weight excluding hydrogens is 354 g/mol. The first-order valence-electron chi connectivity index (χ1n) is 9.25. The third-order valence-electron chi connectivity index (χ3n) is 4.85. The Morgan fingerprint density at radius 3 is 2.39 bits per heavy atom. The third-order valence-corrected chi connectivity index (χ3v) is 4.85. The predicted molar refractivity (Wildman–Crippen MR) is 111 cm³/mol. The van der Waals surface area contributed by atoms with E-state index in [1.165, 1.54) is 6.92 Å². The van der Waals surface area contributed by atoms with Crippen molar-refractivity contribution in [1.82, 2.24) is 19.9 Å². The molecule has 1 aromatic carbocycles. The number of carbonyl (C=O) groups excluding carboxylic acids is 1. The minimum Gasteiger partial charge on any atom is -0.368 e. The first-order valence-corrected chi connectivity index (χ1v) is 9.25. The summed E-state index contributed by atoms with van der Waals surface area (Å²) in [6.07, 6.45) is 0. The van der Waals surface area contributed by atoms with Gasteiger partial charge in [0.1, 0.15) is 5.52 Å². The number of nitrogens with two attached hydrogens (primary N) is 1. The second-order valence-electron chi connectivity index (χ2n) is 7.02. The average molecular weight is 377 g/mol. The van der Waals surface area contributed by atoms with Gasteiger partial charge in [0.25, 0.3) is 0 Å². The van der Waals surface area contributed by atoms with Gasteiger partial charge in [-0.15, -0.1) is 0 Å². The number of hydrogen-bond donors (Lipinski definition) is 2. The summed E-state index contributed by atoms with van der Waals surface area (Å²) in [4.78, 5) is 29.4. The molecule has 0 bridgehead atoms. The zero-order chi connectivity index (χ0) is 19.7. The van der Waals surface area contributed by atoms with Crippen LogP contribution in [0.2, 0.25) is 0 Å². The van der Waals surface area contributed by atoms with Crippen LogP contribution in [-0.4, -0.2) is 59.0 Å². The molecule has 28 heavy (non-hydrogen) atoms. The number of hydrogen-bond acceptors (Lipinski definition) is 7. The smallest absolute Gasteiger partial charge is 0.222 e. The summed E-state index contributed by atoms with van der Waals surface area (Å²) in [6, 6.07) is 11.5. The molecule has 4 rings (SSSR count). The van der Waals surface area contributed by atoms with Crippen molar-refractivity contribution in [1.29, 1.82) is 0 Å². The molecule has 1 amide bonds. The highest BCUT2D eigenvalue weighted by molar-refractivity contribution is 5.90. The Morgan fingerprint density at radius 1 is 1.00 bits per heavy atom. The molecule has 8 nitrogen and oxygen atoms in total. The van der Waals surface area contributed by atoms with Crippen molar-refractivity contribution in [3.05, 3.63) is 36.4 Å². The molecule has 144 valence electrons. The largest absolute Gasteiger partial charge is 0.368 e. The minimum atomic E-state index is -0.0943. The predicted octanol–water partition coefficient (Wildman–Crippen LogP) is 1.98. The summed E-state index contributed by atoms with van der Waals surface area (Å²) in [6.45, 7) is 5.18. The van der Waals surface area contributed by atoms with E-state index in [1.807, 2.05) is 36.4 Å². The van der Waals surface area contributed by atoms with Gasteiger partial charge in [-0.25, -0.2) is 9.97 Å². The minimum absolute atomic E-state index is 0.0943. The lowest BCUT2D eigenvalue weighted by Gasteiger charge is -2.33. The molecule has 0 aliphatic carbocycles. The topological polar surface area (TPSA) is 100 Å². The molecule has 0 atom stereocenters. The summed E-state index contributed by atoms with van der Waals surface area (Å²) in [5.74, 6) is 0.950. The van der Waals surface area contributed by atoms with Crippen LogP contribution in [-0.2, 0) is 4.79 Å². The number of likely N-dealkylation sites (N-methyl/N-ethyl adjacent to an activating group) is 1. The fourth-order valence-electron chi connectivity index (χ4n) is 3.34. The van der Waals surface area contributed by atoms with Crippen molar-refractivity contribution < 1.29 is 4.79 Å². The molecule has 1 aliphatic rings. The van der Waals surface area contributed by atoms with Gasteiger partial charge in [0.15, 0.2) is 5.82 Å². The Hall–Kier alpha value is -3.26. The van der Waals surface area contributed by atoms with Crippen molar-refractivity contribution >= 4 is 34.4 Å². The number of pyridine rings is 1. The summed E-state index contributed by atoms with van der Waals surface area (Å²) in [5, 5.41) is 2.77. The number of piperazine rings is 1. The number of nitrogen functional groups attached to an aromatic ring is 1. The number of carbonyl (C=O) groups is 1. The van der Waals surface area contributed by atoms with Gasteiger partial charge in [0.2, 0.25) is 11.9 Å². The summed E-state index contributed by atoms with van der Waals surface area (Å²) < 4.78 is 0. The molecule has 1 aliphatic heterocycles. The molecule has 1 saturated heterocycles. The lowest BCUT2D eigenvalue weighted by Crippen LogP contribution is -2.45. The molecule has 3 aromatic rings. The maximum Gasteiger partial charge on any atom is 0.222 e. The standard InChI is InChI=1S/C20H23N7O/c1-13(28)22-15-5-3-14(4-6-15)16-7-8-17-18(23-16)19(25-20(21)24-17)27-11-9-26(2)10-12-27/h3-8H,9-12H2,1-2H3,(H,22,28)(H2,21,24,25). The Balaban J connectivity index is 1.72. The van der Waals surface area contributed by atoms with Gasteiger partial charge in [-0.2, -0.15) is 4.98 Å². The van der Waals surface area contributed by atoms with Crippen LogP contribution in [0.1, 0.15) is 6.92 Å². The molecular formula is C20H23N7O. The van der Waals surface area contributed by atoms with Crippen LogP contribution in [0.15, 0.2) is 36.4 Å². The lowest BCUT2D eigenvalue weighted by atomic mass is 10.1. The quantitative estimate of drug-likeness (QED) is 0.720. The maximum atomic E-state index is 11.2. The van der Waals surface area contributed by atoms with Gasteiger partial charge in [-0.3, -0.25) is 4.79 Å². The number of nitrogens with one attached hydrogen (secondary N) is 1. The zero-order valence-corrected chi connectivity index (χ0v) is 16.0. The van der Waals surface area contributed by atoms with E-state index in [2.05, 4.69) is 32.1 Å². The molecule has 1 fully saturated rings. The number of nitrogens with zero attached hydrogens (tertiary/aromatic N) is 5. The van der Waals surface area contributed by atoms with Gasteiger partial charge in [-0.05, 0) is 31.3 Å². The summed E-state index contributed by atoms with van der Waals surface area (Å²) in [7, 11) is 2.12. The van der Waals surface area contributed by atoms with E-state index in [0.29, 0.717) is 0 Å². The number of benzene rings is 1. The van der Waals surface area contributed by atoms with Crippen LogP contribution in [0, 0.1) is 0 Å². The number of amides is 1. The highest BCUT2D eigenvalue weighted by atomic mass is 16.1. The van der Waals surface area contributed by atoms with Crippen LogP contribution >= 0.6 is 0 Å².